The highest BCUT2D eigenvalue weighted by atomic mass is 16.5. The fraction of sp³-hybridized carbons (Fsp3) is 0.538. The first-order valence-corrected chi connectivity index (χ1v) is 12.3. The van der Waals surface area contributed by atoms with Gasteiger partial charge in [-0.25, -0.2) is 0 Å². The normalized spacial score (nSPS) is 13.2. The Morgan fingerprint density at radius 2 is 1.69 bits per heavy atom. The average Bonchev–Trinajstić information content (AvgIpc) is 2.85. The molecule has 0 aliphatic heterocycles. The highest BCUT2D eigenvalue weighted by Crippen LogP contribution is 2.26. The van der Waals surface area contributed by atoms with Crippen molar-refractivity contribution in [1.82, 2.24) is 10.6 Å². The van der Waals surface area contributed by atoms with Crippen molar-refractivity contribution in [2.75, 3.05) is 38.7 Å². The summed E-state index contributed by atoms with van der Waals surface area (Å²) < 4.78 is 10.4. The van der Waals surface area contributed by atoms with Gasteiger partial charge in [-0.2, -0.15) is 0 Å². The number of nitrogens with one attached hydrogen (secondary N) is 3. The van der Waals surface area contributed by atoms with E-state index in [9.17, 15) is 19.2 Å². The number of hydrogen-bond donors (Lipinski definition) is 3. The lowest BCUT2D eigenvalue weighted by atomic mass is 9.90. The van der Waals surface area contributed by atoms with Gasteiger partial charge < -0.3 is 25.4 Å². The van der Waals surface area contributed by atoms with Gasteiger partial charge in [0.05, 0.1) is 13.2 Å². The molecule has 0 saturated carbocycles. The van der Waals surface area contributed by atoms with Crippen LogP contribution in [-0.4, -0.2) is 57.0 Å². The van der Waals surface area contributed by atoms with Gasteiger partial charge in [-0.15, -0.1) is 0 Å². The fourth-order valence-corrected chi connectivity index (χ4v) is 3.71. The van der Waals surface area contributed by atoms with Crippen LogP contribution in [0.5, 0.6) is 0 Å². The number of esters is 1. The van der Waals surface area contributed by atoms with Crippen LogP contribution in [0.25, 0.3) is 0 Å². The van der Waals surface area contributed by atoms with Gasteiger partial charge in [0.1, 0.15) is 6.42 Å². The summed E-state index contributed by atoms with van der Waals surface area (Å²) in [4.78, 5) is 48.2. The molecule has 192 valence electrons. The van der Waals surface area contributed by atoms with E-state index < -0.39 is 11.8 Å². The quantitative estimate of drug-likeness (QED) is 0.150. The van der Waals surface area contributed by atoms with Crippen LogP contribution in [0, 0.1) is 0 Å². The molecule has 35 heavy (non-hydrogen) atoms. The van der Waals surface area contributed by atoms with E-state index in [0.29, 0.717) is 43.9 Å². The summed E-state index contributed by atoms with van der Waals surface area (Å²) >= 11 is 0. The lowest BCUT2D eigenvalue weighted by Gasteiger charge is -2.19. The minimum Gasteiger partial charge on any atom is -0.466 e. The van der Waals surface area contributed by atoms with Crippen LogP contribution < -0.4 is 16.0 Å². The Bertz CT molecular complexity index is 895. The summed E-state index contributed by atoms with van der Waals surface area (Å²) in [6.45, 7) is 3.23. The molecule has 0 aromatic heterocycles. The number of allylic oxidation sites excluding steroid dienone is 2. The molecule has 1 aromatic carbocycles. The van der Waals surface area contributed by atoms with Gasteiger partial charge in [0.15, 0.2) is 5.78 Å². The summed E-state index contributed by atoms with van der Waals surface area (Å²) in [6.07, 6.45) is 5.19. The van der Waals surface area contributed by atoms with Crippen molar-refractivity contribution in [3.05, 3.63) is 41.1 Å². The molecule has 0 saturated heterocycles. The van der Waals surface area contributed by atoms with Crippen LogP contribution in [0.2, 0.25) is 0 Å². The molecule has 9 nitrogen and oxygen atoms in total. The van der Waals surface area contributed by atoms with Crippen molar-refractivity contribution >= 4 is 29.3 Å². The smallest absolute Gasteiger partial charge is 0.305 e. The van der Waals surface area contributed by atoms with E-state index in [0.717, 1.165) is 43.4 Å². The van der Waals surface area contributed by atoms with Crippen LogP contribution in [0.3, 0.4) is 0 Å². The fourth-order valence-electron chi connectivity index (χ4n) is 3.71. The molecular weight excluding hydrogens is 450 g/mol. The Balaban J connectivity index is 1.64. The van der Waals surface area contributed by atoms with Crippen molar-refractivity contribution in [3.8, 4) is 0 Å². The molecule has 0 unspecified atom stereocenters. The summed E-state index contributed by atoms with van der Waals surface area (Å²) in [5, 5.41) is 8.44. The Morgan fingerprint density at radius 3 is 2.40 bits per heavy atom. The largest absolute Gasteiger partial charge is 0.466 e. The predicted octanol–water partition coefficient (Wildman–Crippen LogP) is 3.11. The highest BCUT2D eigenvalue weighted by molar-refractivity contribution is 6.09. The Kier molecular flexibility index (Phi) is 12.5. The maximum atomic E-state index is 12.8. The molecule has 0 atom stereocenters. The second-order valence-corrected chi connectivity index (χ2v) is 8.33. The summed E-state index contributed by atoms with van der Waals surface area (Å²) in [5.74, 6) is -1.05. The number of ketones is 1. The van der Waals surface area contributed by atoms with Crippen molar-refractivity contribution in [2.24, 2.45) is 0 Å². The van der Waals surface area contributed by atoms with Gasteiger partial charge in [0.25, 0.3) is 0 Å². The van der Waals surface area contributed by atoms with Gasteiger partial charge in [0.2, 0.25) is 11.8 Å². The van der Waals surface area contributed by atoms with E-state index in [1.54, 1.807) is 24.3 Å². The first-order chi connectivity index (χ1) is 16.9. The zero-order valence-corrected chi connectivity index (χ0v) is 20.7. The molecule has 2 rings (SSSR count). The molecule has 0 radical (unpaired) electrons. The number of hydrogen-bond acceptors (Lipinski definition) is 7. The van der Waals surface area contributed by atoms with Crippen LogP contribution in [-0.2, 0) is 23.9 Å². The van der Waals surface area contributed by atoms with Crippen LogP contribution >= 0.6 is 0 Å². The van der Waals surface area contributed by atoms with Crippen LogP contribution in [0.4, 0.5) is 5.69 Å². The zero-order chi connectivity index (χ0) is 25.5. The lowest BCUT2D eigenvalue weighted by molar-refractivity contribution is -0.144. The predicted molar refractivity (Wildman–Crippen MR) is 133 cm³/mol. The monoisotopic (exact) mass is 487 g/mol. The minimum atomic E-state index is -0.441. The molecule has 2 amide bonds. The van der Waals surface area contributed by atoms with Gasteiger partial charge in [-0.05, 0) is 56.4 Å². The van der Waals surface area contributed by atoms with Crippen molar-refractivity contribution in [2.45, 2.75) is 58.3 Å². The van der Waals surface area contributed by atoms with Crippen molar-refractivity contribution < 1.29 is 28.7 Å². The van der Waals surface area contributed by atoms with Crippen molar-refractivity contribution in [1.29, 1.82) is 0 Å². The summed E-state index contributed by atoms with van der Waals surface area (Å²) in [6, 6.07) is 6.71. The molecule has 0 bridgehead atoms. The molecule has 0 fully saturated rings. The van der Waals surface area contributed by atoms with Gasteiger partial charge in [-0.1, -0.05) is 6.92 Å². The molecule has 1 aliphatic carbocycles. The molecule has 3 N–H and O–H groups in total. The number of amides is 2. The third-order valence-corrected chi connectivity index (χ3v) is 5.51. The summed E-state index contributed by atoms with van der Waals surface area (Å²) in [5.41, 5.74) is 2.92. The van der Waals surface area contributed by atoms with Gasteiger partial charge in [0, 0.05) is 55.6 Å². The van der Waals surface area contributed by atoms with E-state index >= 15 is 0 Å². The molecule has 9 heteroatoms. The van der Waals surface area contributed by atoms with Crippen LogP contribution in [0.15, 0.2) is 35.5 Å². The second-order valence-electron chi connectivity index (χ2n) is 8.33. The second kappa shape index (κ2) is 15.7. The Hall–Kier alpha value is -3.20. The maximum Gasteiger partial charge on any atom is 0.305 e. The Morgan fingerprint density at radius 1 is 0.943 bits per heavy atom. The maximum absolute atomic E-state index is 12.8. The van der Waals surface area contributed by atoms with Crippen molar-refractivity contribution in [3.63, 3.8) is 0 Å². The number of rotatable bonds is 15. The SMILES string of the molecule is CCCC(=O)OCCCOCCNC(=O)CC(=O)Nc1ccc(C(=O)C2=C(NC)CCCC2)cc1. The zero-order valence-electron chi connectivity index (χ0n) is 20.7. The third-order valence-electron chi connectivity index (χ3n) is 5.51. The van der Waals surface area contributed by atoms with Gasteiger partial charge >= 0.3 is 5.97 Å². The van der Waals surface area contributed by atoms with E-state index in [2.05, 4.69) is 16.0 Å². The summed E-state index contributed by atoms with van der Waals surface area (Å²) in [7, 11) is 1.84. The Labute approximate surface area is 207 Å². The average molecular weight is 488 g/mol. The molecular formula is C26H37N3O6. The number of anilines is 1. The highest BCUT2D eigenvalue weighted by Gasteiger charge is 2.20. The first kappa shape index (κ1) is 28.0. The molecule has 0 heterocycles. The molecule has 0 spiro atoms. The number of ether oxygens (including phenoxy) is 2. The van der Waals surface area contributed by atoms with Crippen LogP contribution in [0.1, 0.15) is 68.6 Å². The number of carbonyl (C=O) groups excluding carboxylic acids is 4. The van der Waals surface area contributed by atoms with E-state index in [1.807, 2.05) is 14.0 Å². The van der Waals surface area contributed by atoms with E-state index in [4.69, 9.17) is 9.47 Å². The first-order valence-electron chi connectivity index (χ1n) is 12.3. The number of Topliss-reactive ketones (excluding diaryl/α,β-unsaturated/α-hetero) is 1. The molecule has 1 aromatic rings. The number of carbonyl (C=O) groups is 4. The van der Waals surface area contributed by atoms with E-state index in [1.165, 1.54) is 0 Å². The number of benzene rings is 1. The lowest BCUT2D eigenvalue weighted by Crippen LogP contribution is -2.30. The van der Waals surface area contributed by atoms with E-state index in [-0.39, 0.29) is 24.7 Å². The minimum absolute atomic E-state index is 0.00558. The molecule has 1 aliphatic rings. The topological polar surface area (TPSA) is 123 Å². The standard InChI is InChI=1S/C26H37N3O6/c1-3-7-25(32)35-16-6-15-34-17-14-28-23(30)18-24(31)29-20-12-10-19(11-13-20)26(33)21-8-4-5-9-22(21)27-2/h10-13,27H,3-9,14-18H2,1-2H3,(H,28,30)(H,29,31). The third kappa shape index (κ3) is 10.3. The van der Waals surface area contributed by atoms with Gasteiger partial charge in [-0.3, -0.25) is 19.2 Å².